The molecule has 0 spiro atoms. The lowest BCUT2D eigenvalue weighted by Gasteiger charge is -2.30. The summed E-state index contributed by atoms with van der Waals surface area (Å²) in [4.78, 5) is 24.0. The van der Waals surface area contributed by atoms with Crippen molar-refractivity contribution in [1.82, 2.24) is 5.32 Å². The van der Waals surface area contributed by atoms with Crippen molar-refractivity contribution >= 4 is 11.9 Å². The predicted molar refractivity (Wildman–Crippen MR) is 80.8 cm³/mol. The van der Waals surface area contributed by atoms with Gasteiger partial charge in [0.25, 0.3) is 5.91 Å². The van der Waals surface area contributed by atoms with Gasteiger partial charge in [-0.25, -0.2) is 13.6 Å². The van der Waals surface area contributed by atoms with E-state index in [9.17, 15) is 18.4 Å². The van der Waals surface area contributed by atoms with Crippen LogP contribution in [0.15, 0.2) is 18.2 Å². The summed E-state index contributed by atoms with van der Waals surface area (Å²) in [7, 11) is 0. The summed E-state index contributed by atoms with van der Waals surface area (Å²) in [6.45, 7) is 3.52. The lowest BCUT2D eigenvalue weighted by molar-refractivity contribution is -0.130. The van der Waals surface area contributed by atoms with E-state index in [0.717, 1.165) is 37.8 Å². The Balaban J connectivity index is 1.93. The molecule has 1 aliphatic rings. The molecule has 1 N–H and O–H groups in total. The quantitative estimate of drug-likeness (QED) is 0.865. The second-order valence-electron chi connectivity index (χ2n) is 6.08. The minimum atomic E-state index is -1.03. The van der Waals surface area contributed by atoms with Crippen molar-refractivity contribution in [1.29, 1.82) is 0 Å². The van der Waals surface area contributed by atoms with Crippen LogP contribution in [0.3, 0.4) is 0 Å². The van der Waals surface area contributed by atoms with Crippen LogP contribution in [0.2, 0.25) is 0 Å². The van der Waals surface area contributed by atoms with Crippen molar-refractivity contribution in [3.05, 3.63) is 35.4 Å². The summed E-state index contributed by atoms with van der Waals surface area (Å²) in [6.07, 6.45) is 3.16. The van der Waals surface area contributed by atoms with E-state index in [2.05, 4.69) is 12.2 Å². The summed E-state index contributed by atoms with van der Waals surface area (Å²) in [5, 5.41) is 2.88. The Morgan fingerprint density at radius 3 is 2.39 bits per heavy atom. The van der Waals surface area contributed by atoms with E-state index in [4.69, 9.17) is 4.74 Å². The molecule has 1 aromatic rings. The molecular formula is C17H21F2NO3. The zero-order chi connectivity index (χ0) is 17.0. The van der Waals surface area contributed by atoms with E-state index < -0.39 is 29.6 Å². The third-order valence-electron chi connectivity index (χ3n) is 4.19. The van der Waals surface area contributed by atoms with Gasteiger partial charge in [-0.05, 0) is 37.8 Å². The molecule has 0 aliphatic heterocycles. The van der Waals surface area contributed by atoms with E-state index >= 15 is 0 Å². The molecule has 3 atom stereocenters. The van der Waals surface area contributed by atoms with Crippen LogP contribution in [-0.4, -0.2) is 24.0 Å². The van der Waals surface area contributed by atoms with Crippen LogP contribution in [0.25, 0.3) is 0 Å². The van der Waals surface area contributed by atoms with Gasteiger partial charge in [0.15, 0.2) is 6.10 Å². The van der Waals surface area contributed by atoms with Crippen LogP contribution < -0.4 is 5.32 Å². The van der Waals surface area contributed by atoms with Gasteiger partial charge in [0, 0.05) is 12.1 Å². The second-order valence-corrected chi connectivity index (χ2v) is 6.08. The molecule has 1 aliphatic carbocycles. The molecule has 0 bridgehead atoms. The van der Waals surface area contributed by atoms with Gasteiger partial charge in [-0.15, -0.1) is 0 Å². The van der Waals surface area contributed by atoms with Gasteiger partial charge in [-0.2, -0.15) is 0 Å². The summed E-state index contributed by atoms with van der Waals surface area (Å²) in [5.41, 5.74) is -0.256. The molecule has 0 heterocycles. The fraction of sp³-hybridized carbons (Fsp3) is 0.529. The summed E-state index contributed by atoms with van der Waals surface area (Å²) in [5.74, 6) is -2.68. The Morgan fingerprint density at radius 1 is 1.17 bits per heavy atom. The fourth-order valence-electron chi connectivity index (χ4n) is 2.78. The number of carbonyl (C=O) groups is 2. The molecule has 1 saturated carbocycles. The van der Waals surface area contributed by atoms with Crippen LogP contribution in [-0.2, 0) is 9.53 Å². The SMILES string of the molecule is C[C@@H](OC(=O)c1cc(F)cc(F)c1)C(=O)N[C@@H]1CCCC[C@@H]1C. The third-order valence-corrected chi connectivity index (χ3v) is 4.19. The van der Waals surface area contributed by atoms with Gasteiger partial charge in [0.2, 0.25) is 0 Å². The third kappa shape index (κ3) is 4.74. The van der Waals surface area contributed by atoms with Crippen molar-refractivity contribution in [3.8, 4) is 0 Å². The number of hydrogen-bond acceptors (Lipinski definition) is 3. The summed E-state index contributed by atoms with van der Waals surface area (Å²) >= 11 is 0. The topological polar surface area (TPSA) is 55.4 Å². The van der Waals surface area contributed by atoms with E-state index in [-0.39, 0.29) is 11.6 Å². The predicted octanol–water partition coefficient (Wildman–Crippen LogP) is 3.21. The zero-order valence-electron chi connectivity index (χ0n) is 13.3. The lowest BCUT2D eigenvalue weighted by atomic mass is 9.86. The molecule has 0 radical (unpaired) electrons. The Hall–Kier alpha value is -1.98. The number of benzene rings is 1. The van der Waals surface area contributed by atoms with E-state index in [1.807, 2.05) is 0 Å². The first-order valence-electron chi connectivity index (χ1n) is 7.84. The van der Waals surface area contributed by atoms with E-state index in [1.165, 1.54) is 6.92 Å². The highest BCUT2D eigenvalue weighted by atomic mass is 19.1. The first-order valence-corrected chi connectivity index (χ1v) is 7.84. The monoisotopic (exact) mass is 325 g/mol. The molecule has 23 heavy (non-hydrogen) atoms. The molecule has 2 rings (SSSR count). The van der Waals surface area contributed by atoms with Gasteiger partial charge in [-0.3, -0.25) is 4.79 Å². The maximum Gasteiger partial charge on any atom is 0.339 e. The Kier molecular flexibility index (Phi) is 5.69. The highest BCUT2D eigenvalue weighted by Gasteiger charge is 2.26. The van der Waals surface area contributed by atoms with Crippen LogP contribution in [0.4, 0.5) is 8.78 Å². The number of hydrogen-bond donors (Lipinski definition) is 1. The molecule has 1 amide bonds. The van der Waals surface area contributed by atoms with Crippen molar-refractivity contribution in [2.75, 3.05) is 0 Å². The molecule has 126 valence electrons. The molecule has 0 saturated heterocycles. The molecule has 0 unspecified atom stereocenters. The molecule has 0 aromatic heterocycles. The lowest BCUT2D eigenvalue weighted by Crippen LogP contribution is -2.46. The van der Waals surface area contributed by atoms with Gasteiger partial charge in [0.1, 0.15) is 11.6 Å². The number of ether oxygens (including phenoxy) is 1. The molecule has 4 nitrogen and oxygen atoms in total. The largest absolute Gasteiger partial charge is 0.449 e. The summed E-state index contributed by atoms with van der Waals surface area (Å²) in [6, 6.07) is 2.49. The average Bonchev–Trinajstić information content (AvgIpc) is 2.48. The smallest absolute Gasteiger partial charge is 0.339 e. The Morgan fingerprint density at radius 2 is 1.78 bits per heavy atom. The van der Waals surface area contributed by atoms with Crippen LogP contribution in [0.5, 0.6) is 0 Å². The summed E-state index contributed by atoms with van der Waals surface area (Å²) < 4.78 is 31.2. The standard InChI is InChI=1S/C17H21F2NO3/c1-10-5-3-4-6-15(10)20-16(21)11(2)23-17(22)12-7-13(18)9-14(19)8-12/h7-11,15H,3-6H2,1-2H3,(H,20,21)/t10-,11+,15+/m0/s1. The van der Waals surface area contributed by atoms with Crippen molar-refractivity contribution in [2.45, 2.75) is 51.7 Å². The first kappa shape index (κ1) is 17.4. The number of carbonyl (C=O) groups excluding carboxylic acids is 2. The van der Waals surface area contributed by atoms with Gasteiger partial charge in [0.05, 0.1) is 5.56 Å². The minimum Gasteiger partial charge on any atom is -0.449 e. The van der Waals surface area contributed by atoms with E-state index in [0.29, 0.717) is 12.0 Å². The number of esters is 1. The number of halogens is 2. The Bertz CT molecular complexity index is 571. The number of amides is 1. The maximum atomic E-state index is 13.1. The van der Waals surface area contributed by atoms with Crippen molar-refractivity contribution in [2.24, 2.45) is 5.92 Å². The fourth-order valence-corrected chi connectivity index (χ4v) is 2.78. The molecule has 1 fully saturated rings. The molecule has 1 aromatic carbocycles. The average molecular weight is 325 g/mol. The molecular weight excluding hydrogens is 304 g/mol. The minimum absolute atomic E-state index is 0.0732. The Labute approximate surface area is 134 Å². The maximum absolute atomic E-state index is 13.1. The van der Waals surface area contributed by atoms with E-state index in [1.54, 1.807) is 0 Å². The van der Waals surface area contributed by atoms with Gasteiger partial charge >= 0.3 is 5.97 Å². The number of nitrogens with one attached hydrogen (secondary N) is 1. The van der Waals surface area contributed by atoms with Gasteiger partial charge < -0.3 is 10.1 Å². The highest BCUT2D eigenvalue weighted by Crippen LogP contribution is 2.23. The van der Waals surface area contributed by atoms with Crippen LogP contribution >= 0.6 is 0 Å². The first-order chi connectivity index (χ1) is 10.9. The zero-order valence-corrected chi connectivity index (χ0v) is 13.3. The normalized spacial score (nSPS) is 22.3. The van der Waals surface area contributed by atoms with Crippen molar-refractivity contribution in [3.63, 3.8) is 0 Å². The second kappa shape index (κ2) is 7.53. The molecule has 6 heteroatoms. The van der Waals surface area contributed by atoms with Gasteiger partial charge in [-0.1, -0.05) is 19.8 Å². The van der Waals surface area contributed by atoms with Crippen LogP contribution in [0, 0.1) is 17.6 Å². The van der Waals surface area contributed by atoms with Crippen molar-refractivity contribution < 1.29 is 23.1 Å². The number of rotatable bonds is 4. The van der Waals surface area contributed by atoms with Crippen LogP contribution in [0.1, 0.15) is 49.9 Å². The highest BCUT2D eigenvalue weighted by molar-refractivity contribution is 5.92.